The SMILES string of the molecule is Cc1ccc(-c2cc3/c(=N\N)c4c(C)c5c(c(C)c4c3s2)/c(=N/N)c2cc(-c3ccc(C)s3)sc25)s1. The quantitative estimate of drug-likeness (QED) is 0.175. The first-order valence-electron chi connectivity index (χ1n) is 11.6. The smallest absolute Gasteiger partial charge is 0.0995 e. The summed E-state index contributed by atoms with van der Waals surface area (Å²) in [6, 6.07) is 13.3. The maximum absolute atomic E-state index is 6.07. The van der Waals surface area contributed by atoms with Crippen molar-refractivity contribution in [2.24, 2.45) is 21.9 Å². The van der Waals surface area contributed by atoms with E-state index >= 15 is 0 Å². The molecule has 178 valence electrons. The molecule has 4 aromatic heterocycles. The molecule has 0 unspecified atom stereocenters. The molecule has 0 saturated carbocycles. The van der Waals surface area contributed by atoms with Gasteiger partial charge in [0, 0.05) is 71.0 Å². The highest BCUT2D eigenvalue weighted by molar-refractivity contribution is 7.27. The summed E-state index contributed by atoms with van der Waals surface area (Å²) in [5.74, 6) is 12.1. The van der Waals surface area contributed by atoms with Gasteiger partial charge in [0.2, 0.25) is 0 Å². The summed E-state index contributed by atoms with van der Waals surface area (Å²) in [6.45, 7) is 8.68. The van der Waals surface area contributed by atoms with Crippen molar-refractivity contribution >= 4 is 87.1 Å². The molecule has 0 aliphatic carbocycles. The summed E-state index contributed by atoms with van der Waals surface area (Å²) in [6.07, 6.45) is 0. The molecule has 4 nitrogen and oxygen atoms in total. The maximum Gasteiger partial charge on any atom is 0.0995 e. The lowest BCUT2D eigenvalue weighted by molar-refractivity contribution is 1.17. The normalized spacial score (nSPS) is 13.6. The minimum Gasteiger partial charge on any atom is -0.323 e. The highest BCUT2D eigenvalue weighted by Gasteiger charge is 2.24. The van der Waals surface area contributed by atoms with E-state index in [1.165, 1.54) is 60.6 Å². The van der Waals surface area contributed by atoms with Crippen molar-refractivity contribution in [1.82, 2.24) is 0 Å². The van der Waals surface area contributed by atoms with Crippen molar-refractivity contribution in [3.63, 3.8) is 0 Å². The third kappa shape index (κ3) is 2.84. The number of thiophene rings is 4. The van der Waals surface area contributed by atoms with Crippen LogP contribution in [-0.4, -0.2) is 0 Å². The van der Waals surface area contributed by atoms with Crippen LogP contribution in [0.2, 0.25) is 0 Å². The van der Waals surface area contributed by atoms with Crippen molar-refractivity contribution in [2.45, 2.75) is 27.7 Å². The first kappa shape index (κ1) is 22.2. The van der Waals surface area contributed by atoms with E-state index < -0.39 is 0 Å². The molecule has 0 amide bonds. The topological polar surface area (TPSA) is 76.8 Å². The molecule has 7 rings (SSSR count). The Kier molecular flexibility index (Phi) is 4.76. The monoisotopic (exact) mass is 542 g/mol. The third-order valence-electron chi connectivity index (χ3n) is 7.13. The molecule has 3 aromatic carbocycles. The number of hydrogen-bond donors (Lipinski definition) is 2. The van der Waals surface area contributed by atoms with Crippen LogP contribution in [0.3, 0.4) is 0 Å². The predicted molar refractivity (Wildman–Crippen MR) is 160 cm³/mol. The number of nitrogens with zero attached hydrogens (tertiary/aromatic N) is 2. The summed E-state index contributed by atoms with van der Waals surface area (Å²) in [5, 5.41) is 17.4. The number of benzene rings is 1. The zero-order valence-electron chi connectivity index (χ0n) is 20.1. The van der Waals surface area contributed by atoms with E-state index in [4.69, 9.17) is 11.7 Å². The summed E-state index contributed by atoms with van der Waals surface area (Å²) < 4.78 is 2.47. The molecule has 0 aliphatic heterocycles. The molecular weight excluding hydrogens is 521 g/mol. The Balaban J connectivity index is 1.63. The van der Waals surface area contributed by atoms with Gasteiger partial charge in [-0.25, -0.2) is 0 Å². The number of rotatable bonds is 2. The number of hydrogen-bond acceptors (Lipinski definition) is 8. The van der Waals surface area contributed by atoms with E-state index in [2.05, 4.69) is 74.3 Å². The van der Waals surface area contributed by atoms with Gasteiger partial charge >= 0.3 is 0 Å². The summed E-state index contributed by atoms with van der Waals surface area (Å²) in [4.78, 5) is 7.69. The van der Waals surface area contributed by atoms with E-state index in [0.29, 0.717) is 0 Å². The minimum atomic E-state index is 0.879. The Bertz CT molecular complexity index is 1970. The minimum absolute atomic E-state index is 0.879. The van der Waals surface area contributed by atoms with Crippen LogP contribution >= 0.6 is 45.3 Å². The van der Waals surface area contributed by atoms with Crippen molar-refractivity contribution in [3.8, 4) is 19.5 Å². The molecule has 0 fully saturated rings. The second kappa shape index (κ2) is 7.73. The molecule has 8 heteroatoms. The molecule has 36 heavy (non-hydrogen) atoms. The Labute approximate surface area is 223 Å². The number of fused-ring (bicyclic) bond motifs is 6. The molecule has 0 atom stereocenters. The molecule has 0 saturated heterocycles. The first-order chi connectivity index (χ1) is 17.4. The van der Waals surface area contributed by atoms with Crippen molar-refractivity contribution in [2.75, 3.05) is 0 Å². The summed E-state index contributed by atoms with van der Waals surface area (Å²) in [7, 11) is 0. The van der Waals surface area contributed by atoms with Crippen LogP contribution in [0.15, 0.2) is 46.6 Å². The lowest BCUT2D eigenvalue weighted by atomic mass is 9.98. The van der Waals surface area contributed by atoms with Gasteiger partial charge in [0.1, 0.15) is 0 Å². The van der Waals surface area contributed by atoms with Crippen LogP contribution < -0.4 is 22.4 Å². The van der Waals surface area contributed by atoms with Crippen LogP contribution in [-0.2, 0) is 0 Å². The predicted octanol–water partition coefficient (Wildman–Crippen LogP) is 7.54. The van der Waals surface area contributed by atoms with E-state index in [-0.39, 0.29) is 0 Å². The number of nitrogens with two attached hydrogens (primary N) is 2. The lowest BCUT2D eigenvalue weighted by Crippen LogP contribution is -2.07. The Morgan fingerprint density at radius 3 is 1.28 bits per heavy atom. The molecule has 0 spiro atoms. The Morgan fingerprint density at radius 1 is 0.528 bits per heavy atom. The molecule has 0 aliphatic rings. The second-order valence-corrected chi connectivity index (χ2v) is 13.9. The maximum atomic E-state index is 6.07. The first-order valence-corrected chi connectivity index (χ1v) is 14.8. The van der Waals surface area contributed by atoms with Crippen LogP contribution in [0.5, 0.6) is 0 Å². The zero-order valence-corrected chi connectivity index (χ0v) is 23.4. The fourth-order valence-corrected chi connectivity index (χ4v) is 10.0. The van der Waals surface area contributed by atoms with Gasteiger partial charge in [-0.2, -0.15) is 10.2 Å². The van der Waals surface area contributed by atoms with Gasteiger partial charge in [-0.3, -0.25) is 0 Å². The van der Waals surface area contributed by atoms with Crippen molar-refractivity contribution < 1.29 is 0 Å². The van der Waals surface area contributed by atoms with E-state index in [0.717, 1.165) is 32.3 Å². The van der Waals surface area contributed by atoms with Crippen molar-refractivity contribution in [1.29, 1.82) is 0 Å². The molecule has 4 heterocycles. The summed E-state index contributed by atoms with van der Waals surface area (Å²) >= 11 is 7.28. The van der Waals surface area contributed by atoms with Gasteiger partial charge in [0.15, 0.2) is 0 Å². The zero-order chi connectivity index (χ0) is 24.9. The van der Waals surface area contributed by atoms with Gasteiger partial charge in [0.25, 0.3) is 0 Å². The fraction of sp³-hybridized carbons (Fsp3) is 0.143. The molecule has 4 N–H and O–H groups in total. The summed E-state index contributed by atoms with van der Waals surface area (Å²) in [5.41, 5.74) is 2.39. The Hall–Kier alpha value is -3.04. The van der Waals surface area contributed by atoms with Crippen LogP contribution in [0.1, 0.15) is 20.9 Å². The van der Waals surface area contributed by atoms with E-state index in [1.807, 2.05) is 45.3 Å². The van der Waals surface area contributed by atoms with Crippen LogP contribution in [0.25, 0.3) is 61.2 Å². The van der Waals surface area contributed by atoms with Crippen LogP contribution in [0, 0.1) is 27.7 Å². The third-order valence-corrected chi connectivity index (χ3v) is 11.8. The van der Waals surface area contributed by atoms with Gasteiger partial charge in [-0.05, 0) is 75.2 Å². The molecule has 0 bridgehead atoms. The average Bonchev–Trinajstić information content (AvgIpc) is 3.65. The number of aryl methyl sites for hydroxylation is 4. The highest BCUT2D eigenvalue weighted by atomic mass is 32.1. The largest absolute Gasteiger partial charge is 0.323 e. The van der Waals surface area contributed by atoms with Gasteiger partial charge < -0.3 is 11.7 Å². The molecule has 0 radical (unpaired) electrons. The lowest BCUT2D eigenvalue weighted by Gasteiger charge is -2.07. The van der Waals surface area contributed by atoms with Crippen LogP contribution in [0.4, 0.5) is 0 Å². The van der Waals surface area contributed by atoms with Gasteiger partial charge in [0.05, 0.1) is 10.7 Å². The fourth-order valence-electron chi connectivity index (χ4n) is 5.58. The standard InChI is InChI=1S/C28H22N4S4/c1-11-5-7-17(33-11)19-9-15-25(31-29)21-14(4)24-22(13(3)23(21)27(15)35-19)26(32-30)16-10-20(36-28(16)24)18-8-6-12(2)34-18/h5-10H,29-30H2,1-4H3/b31-25+,32-26+. The van der Waals surface area contributed by atoms with Crippen molar-refractivity contribution in [3.05, 3.63) is 68.0 Å². The average molecular weight is 543 g/mol. The molecular formula is C28H22N4S4. The van der Waals surface area contributed by atoms with Gasteiger partial charge in [-0.1, -0.05) is 0 Å². The van der Waals surface area contributed by atoms with E-state index in [9.17, 15) is 0 Å². The van der Waals surface area contributed by atoms with E-state index in [1.54, 1.807) is 0 Å². The Morgan fingerprint density at radius 2 is 0.944 bits per heavy atom. The second-order valence-electron chi connectivity index (χ2n) is 9.23. The molecule has 7 aromatic rings. The highest BCUT2D eigenvalue weighted by Crippen LogP contribution is 2.46. The van der Waals surface area contributed by atoms with Gasteiger partial charge in [-0.15, -0.1) is 45.3 Å².